The molecule has 0 amide bonds. The molecule has 2 heteroatoms. The highest BCUT2D eigenvalue weighted by molar-refractivity contribution is 7.99. The molecule has 2 rings (SSSR count). The van der Waals surface area contributed by atoms with Crippen LogP contribution in [0.2, 0.25) is 0 Å². The number of hydrogen-bond acceptors (Lipinski definition) is 2. The summed E-state index contributed by atoms with van der Waals surface area (Å²) in [6.07, 6.45) is 0.960. The number of benzene rings is 2. The van der Waals surface area contributed by atoms with Crippen LogP contribution in [-0.2, 0) is 6.42 Å². The average Bonchev–Trinajstić information content (AvgIpc) is 2.33. The lowest BCUT2D eigenvalue weighted by molar-refractivity contribution is 0.954. The lowest BCUT2D eigenvalue weighted by Crippen LogP contribution is -2.03. The first-order chi connectivity index (χ1) is 8.69. The first-order valence-corrected chi connectivity index (χ1v) is 7.05. The second-order valence-corrected chi connectivity index (χ2v) is 5.69. The summed E-state index contributed by atoms with van der Waals surface area (Å²) >= 11 is 1.81. The highest BCUT2D eigenvalue weighted by Gasteiger charge is 2.02. The molecular formula is C16H19NS. The third-order valence-electron chi connectivity index (χ3n) is 2.95. The minimum Gasteiger partial charge on any atom is -0.330 e. The van der Waals surface area contributed by atoms with Crippen LogP contribution in [0.3, 0.4) is 0 Å². The molecule has 0 saturated heterocycles. The molecule has 0 radical (unpaired) electrons. The monoisotopic (exact) mass is 257 g/mol. The van der Waals surface area contributed by atoms with E-state index in [2.05, 4.69) is 56.3 Å². The Kier molecular flexibility index (Phi) is 4.45. The Morgan fingerprint density at radius 1 is 1.00 bits per heavy atom. The van der Waals surface area contributed by atoms with Gasteiger partial charge in [-0.1, -0.05) is 35.5 Å². The van der Waals surface area contributed by atoms with E-state index in [1.165, 1.54) is 26.5 Å². The van der Waals surface area contributed by atoms with E-state index in [0.29, 0.717) is 6.54 Å². The second kappa shape index (κ2) is 6.07. The van der Waals surface area contributed by atoms with Crippen LogP contribution >= 0.6 is 11.8 Å². The zero-order valence-electron chi connectivity index (χ0n) is 10.9. The molecule has 0 aromatic heterocycles. The minimum atomic E-state index is 0.714. The minimum absolute atomic E-state index is 0.714. The molecule has 0 saturated carbocycles. The summed E-state index contributed by atoms with van der Waals surface area (Å²) in [5.41, 5.74) is 9.59. The van der Waals surface area contributed by atoms with E-state index in [1.54, 1.807) is 0 Å². The normalized spacial score (nSPS) is 10.6. The topological polar surface area (TPSA) is 26.0 Å². The summed E-state index contributed by atoms with van der Waals surface area (Å²) in [6, 6.07) is 15.2. The summed E-state index contributed by atoms with van der Waals surface area (Å²) in [5.74, 6) is 0. The molecular weight excluding hydrogens is 238 g/mol. The van der Waals surface area contributed by atoms with Crippen LogP contribution < -0.4 is 5.73 Å². The van der Waals surface area contributed by atoms with Crippen molar-refractivity contribution in [3.05, 3.63) is 59.2 Å². The molecule has 0 aliphatic carbocycles. The van der Waals surface area contributed by atoms with E-state index < -0.39 is 0 Å². The molecule has 0 unspecified atom stereocenters. The van der Waals surface area contributed by atoms with Crippen molar-refractivity contribution in [2.45, 2.75) is 30.1 Å². The van der Waals surface area contributed by atoms with Gasteiger partial charge in [0.15, 0.2) is 0 Å². The van der Waals surface area contributed by atoms with Crippen LogP contribution in [0.4, 0.5) is 0 Å². The summed E-state index contributed by atoms with van der Waals surface area (Å²) in [4.78, 5) is 2.58. The van der Waals surface area contributed by atoms with Crippen molar-refractivity contribution >= 4 is 11.8 Å². The molecule has 2 N–H and O–H groups in total. The predicted octanol–water partition coefficient (Wildman–Crippen LogP) is 3.96. The first-order valence-electron chi connectivity index (χ1n) is 6.23. The SMILES string of the molecule is Cc1cccc(Sc2ccc(CCN)c(C)c2)c1. The van der Waals surface area contributed by atoms with Crippen molar-refractivity contribution in [2.24, 2.45) is 5.73 Å². The molecule has 0 atom stereocenters. The van der Waals surface area contributed by atoms with Crippen LogP contribution in [0, 0.1) is 13.8 Å². The fourth-order valence-corrected chi connectivity index (χ4v) is 3.02. The van der Waals surface area contributed by atoms with Crippen molar-refractivity contribution in [2.75, 3.05) is 6.54 Å². The van der Waals surface area contributed by atoms with E-state index in [1.807, 2.05) is 11.8 Å². The van der Waals surface area contributed by atoms with Crippen molar-refractivity contribution in [3.63, 3.8) is 0 Å². The van der Waals surface area contributed by atoms with Gasteiger partial charge in [0, 0.05) is 9.79 Å². The Hall–Kier alpha value is -1.25. The largest absolute Gasteiger partial charge is 0.330 e. The van der Waals surface area contributed by atoms with Gasteiger partial charge < -0.3 is 5.73 Å². The van der Waals surface area contributed by atoms with Gasteiger partial charge in [-0.25, -0.2) is 0 Å². The molecule has 0 bridgehead atoms. The number of rotatable bonds is 4. The zero-order chi connectivity index (χ0) is 13.0. The maximum Gasteiger partial charge on any atom is 0.0125 e. The Labute approximate surface area is 113 Å². The Bertz CT molecular complexity index is 534. The molecule has 0 aliphatic rings. The van der Waals surface area contributed by atoms with Gasteiger partial charge in [0.25, 0.3) is 0 Å². The van der Waals surface area contributed by atoms with E-state index in [9.17, 15) is 0 Å². The lowest BCUT2D eigenvalue weighted by atomic mass is 10.1. The van der Waals surface area contributed by atoms with E-state index in [-0.39, 0.29) is 0 Å². The molecule has 0 spiro atoms. The van der Waals surface area contributed by atoms with E-state index in [0.717, 1.165) is 6.42 Å². The van der Waals surface area contributed by atoms with Crippen LogP contribution in [0.15, 0.2) is 52.3 Å². The van der Waals surface area contributed by atoms with E-state index >= 15 is 0 Å². The third-order valence-corrected chi connectivity index (χ3v) is 3.93. The molecule has 2 aromatic carbocycles. The highest BCUT2D eigenvalue weighted by atomic mass is 32.2. The summed E-state index contributed by atoms with van der Waals surface area (Å²) in [6.45, 7) is 5.00. The maximum atomic E-state index is 5.60. The molecule has 18 heavy (non-hydrogen) atoms. The van der Waals surface area contributed by atoms with Gasteiger partial charge in [0.05, 0.1) is 0 Å². The quantitative estimate of drug-likeness (QED) is 0.897. The second-order valence-electron chi connectivity index (χ2n) is 4.55. The fraction of sp³-hybridized carbons (Fsp3) is 0.250. The van der Waals surface area contributed by atoms with Crippen molar-refractivity contribution < 1.29 is 0 Å². The van der Waals surface area contributed by atoms with Crippen LogP contribution in [-0.4, -0.2) is 6.54 Å². The van der Waals surface area contributed by atoms with Crippen LogP contribution in [0.1, 0.15) is 16.7 Å². The van der Waals surface area contributed by atoms with Crippen molar-refractivity contribution in [3.8, 4) is 0 Å². The predicted molar refractivity (Wildman–Crippen MR) is 79.2 cm³/mol. The van der Waals surface area contributed by atoms with Crippen LogP contribution in [0.5, 0.6) is 0 Å². The lowest BCUT2D eigenvalue weighted by Gasteiger charge is -2.08. The highest BCUT2D eigenvalue weighted by Crippen LogP contribution is 2.29. The summed E-state index contributed by atoms with van der Waals surface area (Å²) < 4.78 is 0. The number of aryl methyl sites for hydroxylation is 2. The van der Waals surface area contributed by atoms with Crippen LogP contribution in [0.25, 0.3) is 0 Å². The standard InChI is InChI=1S/C16H19NS/c1-12-4-3-5-15(10-12)18-16-7-6-14(8-9-17)13(2)11-16/h3-7,10-11H,8-9,17H2,1-2H3. The number of hydrogen-bond donors (Lipinski definition) is 1. The Morgan fingerprint density at radius 2 is 1.78 bits per heavy atom. The zero-order valence-corrected chi connectivity index (χ0v) is 11.8. The van der Waals surface area contributed by atoms with Gasteiger partial charge in [-0.2, -0.15) is 0 Å². The fourth-order valence-electron chi connectivity index (χ4n) is 1.98. The smallest absolute Gasteiger partial charge is 0.0125 e. The van der Waals surface area contributed by atoms with E-state index in [4.69, 9.17) is 5.73 Å². The molecule has 94 valence electrons. The van der Waals surface area contributed by atoms with Crippen molar-refractivity contribution in [1.29, 1.82) is 0 Å². The van der Waals surface area contributed by atoms with Gasteiger partial charge in [0.1, 0.15) is 0 Å². The summed E-state index contributed by atoms with van der Waals surface area (Å²) in [7, 11) is 0. The third kappa shape index (κ3) is 3.37. The Morgan fingerprint density at radius 3 is 2.44 bits per heavy atom. The summed E-state index contributed by atoms with van der Waals surface area (Å²) in [5, 5.41) is 0. The molecule has 0 heterocycles. The molecule has 1 nitrogen and oxygen atoms in total. The van der Waals surface area contributed by atoms with Gasteiger partial charge in [-0.3, -0.25) is 0 Å². The van der Waals surface area contributed by atoms with Gasteiger partial charge in [-0.15, -0.1) is 0 Å². The molecule has 0 fully saturated rings. The van der Waals surface area contributed by atoms with Gasteiger partial charge in [-0.05, 0) is 62.2 Å². The van der Waals surface area contributed by atoms with Crippen molar-refractivity contribution in [1.82, 2.24) is 0 Å². The first kappa shape index (κ1) is 13.2. The average molecular weight is 257 g/mol. The number of nitrogens with two attached hydrogens (primary N) is 1. The molecule has 0 aliphatic heterocycles. The van der Waals surface area contributed by atoms with Gasteiger partial charge >= 0.3 is 0 Å². The van der Waals surface area contributed by atoms with Gasteiger partial charge in [0.2, 0.25) is 0 Å². The molecule has 2 aromatic rings. The maximum absolute atomic E-state index is 5.60. The Balaban J connectivity index is 2.17.